The van der Waals surface area contributed by atoms with E-state index < -0.39 is 0 Å². The van der Waals surface area contributed by atoms with Gasteiger partial charge in [0.1, 0.15) is 0 Å². The second-order valence-electron chi connectivity index (χ2n) is 5.90. The first-order chi connectivity index (χ1) is 10.9. The molecule has 0 bridgehead atoms. The molecule has 0 fully saturated rings. The van der Waals surface area contributed by atoms with Crippen LogP contribution < -0.4 is 0 Å². The zero-order chi connectivity index (χ0) is 17.0. The maximum absolute atomic E-state index is 12.6. The van der Waals surface area contributed by atoms with Crippen molar-refractivity contribution in [2.24, 2.45) is 0 Å². The number of pyridine rings is 1. The van der Waals surface area contributed by atoms with Crippen molar-refractivity contribution in [3.8, 4) is 11.4 Å². The second-order valence-corrected chi connectivity index (χ2v) is 7.20. The van der Waals surface area contributed by atoms with E-state index in [4.69, 9.17) is 0 Å². The Kier molecular flexibility index (Phi) is 5.76. The van der Waals surface area contributed by atoms with Gasteiger partial charge in [-0.2, -0.15) is 0 Å². The zero-order valence-electron chi connectivity index (χ0n) is 14.1. The molecule has 2 aromatic heterocycles. The van der Waals surface area contributed by atoms with Crippen molar-refractivity contribution in [3.63, 3.8) is 0 Å². The van der Waals surface area contributed by atoms with E-state index in [1.165, 1.54) is 11.8 Å². The number of aromatic nitrogens is 4. The number of nitrogens with one attached hydrogen (secondary N) is 1. The van der Waals surface area contributed by atoms with Crippen LogP contribution in [0.1, 0.15) is 34.6 Å². The van der Waals surface area contributed by atoms with Crippen LogP contribution in [0.5, 0.6) is 0 Å². The Morgan fingerprint density at radius 1 is 1.13 bits per heavy atom. The Hall–Kier alpha value is -1.89. The van der Waals surface area contributed by atoms with Gasteiger partial charge in [-0.15, -0.1) is 5.10 Å². The van der Waals surface area contributed by atoms with Gasteiger partial charge in [0, 0.05) is 30.0 Å². The van der Waals surface area contributed by atoms with E-state index in [1.54, 1.807) is 12.4 Å². The van der Waals surface area contributed by atoms with Crippen molar-refractivity contribution in [3.05, 3.63) is 24.5 Å². The molecule has 1 amide bonds. The maximum Gasteiger partial charge on any atom is 0.236 e. The van der Waals surface area contributed by atoms with Crippen molar-refractivity contribution in [2.75, 3.05) is 0 Å². The largest absolute Gasteiger partial charge is 0.337 e. The molecule has 1 atom stereocenters. The van der Waals surface area contributed by atoms with Crippen LogP contribution in [0, 0.1) is 0 Å². The fraction of sp³-hybridized carbons (Fsp3) is 0.500. The molecule has 7 heteroatoms. The third-order valence-corrected chi connectivity index (χ3v) is 4.36. The minimum atomic E-state index is -0.235. The average molecular weight is 333 g/mol. The summed E-state index contributed by atoms with van der Waals surface area (Å²) >= 11 is 1.37. The van der Waals surface area contributed by atoms with Crippen LogP contribution in [0.15, 0.2) is 29.7 Å². The summed E-state index contributed by atoms with van der Waals surface area (Å²) in [5.41, 5.74) is 0.921. The quantitative estimate of drug-likeness (QED) is 0.823. The third-order valence-electron chi connectivity index (χ3n) is 3.42. The Morgan fingerprint density at radius 2 is 1.74 bits per heavy atom. The zero-order valence-corrected chi connectivity index (χ0v) is 15.0. The van der Waals surface area contributed by atoms with Crippen molar-refractivity contribution in [1.82, 2.24) is 25.1 Å². The highest BCUT2D eigenvalue weighted by atomic mass is 32.2. The molecule has 2 aromatic rings. The van der Waals surface area contributed by atoms with Gasteiger partial charge >= 0.3 is 0 Å². The van der Waals surface area contributed by atoms with E-state index in [0.717, 1.165) is 5.56 Å². The molecule has 0 saturated carbocycles. The fourth-order valence-electron chi connectivity index (χ4n) is 2.46. The lowest BCUT2D eigenvalue weighted by atomic mass is 10.2. The first-order valence-electron chi connectivity index (χ1n) is 7.71. The van der Waals surface area contributed by atoms with Crippen molar-refractivity contribution >= 4 is 17.7 Å². The standard InChI is InChI=1S/C16H23N5OS/c1-10(2)21(11(3)4)15(22)12(5)23-16-18-14(19-20-16)13-6-8-17-9-7-13/h6-12H,1-5H3,(H,18,19,20)/t12-/m0/s1. The van der Waals surface area contributed by atoms with Crippen molar-refractivity contribution in [1.29, 1.82) is 0 Å². The number of rotatable bonds is 6. The summed E-state index contributed by atoms with van der Waals surface area (Å²) in [5, 5.41) is 7.45. The highest BCUT2D eigenvalue weighted by Gasteiger charge is 2.26. The molecular weight excluding hydrogens is 310 g/mol. The number of carbonyl (C=O) groups excluding carboxylic acids is 1. The van der Waals surface area contributed by atoms with Crippen molar-refractivity contribution < 1.29 is 4.79 Å². The third kappa shape index (κ3) is 4.31. The lowest BCUT2D eigenvalue weighted by Gasteiger charge is -2.32. The smallest absolute Gasteiger partial charge is 0.236 e. The molecule has 0 aliphatic carbocycles. The van der Waals surface area contributed by atoms with Crippen LogP contribution >= 0.6 is 11.8 Å². The molecule has 6 nitrogen and oxygen atoms in total. The number of aromatic amines is 1. The van der Waals surface area contributed by atoms with Crippen LogP contribution in [0.2, 0.25) is 0 Å². The molecule has 124 valence electrons. The fourth-order valence-corrected chi connectivity index (χ4v) is 3.24. The summed E-state index contributed by atoms with van der Waals surface area (Å²) in [4.78, 5) is 23.0. The monoisotopic (exact) mass is 333 g/mol. The summed E-state index contributed by atoms with van der Waals surface area (Å²) in [6.07, 6.45) is 3.42. The normalized spacial score (nSPS) is 12.7. The van der Waals surface area contributed by atoms with Crippen LogP contribution in [-0.2, 0) is 4.79 Å². The van der Waals surface area contributed by atoms with Crippen LogP contribution in [0.25, 0.3) is 11.4 Å². The van der Waals surface area contributed by atoms with Gasteiger partial charge in [-0.05, 0) is 46.8 Å². The van der Waals surface area contributed by atoms with E-state index in [9.17, 15) is 4.79 Å². The summed E-state index contributed by atoms with van der Waals surface area (Å²) < 4.78 is 0. The second kappa shape index (κ2) is 7.59. The van der Waals surface area contributed by atoms with Crippen molar-refractivity contribution in [2.45, 2.75) is 57.1 Å². The highest BCUT2D eigenvalue weighted by molar-refractivity contribution is 8.00. The number of amides is 1. The lowest BCUT2D eigenvalue weighted by molar-refractivity contribution is -0.133. The number of hydrogen-bond acceptors (Lipinski definition) is 5. The van der Waals surface area contributed by atoms with Gasteiger partial charge in [0.15, 0.2) is 5.82 Å². The van der Waals surface area contributed by atoms with E-state index in [-0.39, 0.29) is 23.2 Å². The molecule has 0 saturated heterocycles. The molecular formula is C16H23N5OS. The molecule has 0 aliphatic rings. The Bertz CT molecular complexity index is 633. The highest BCUT2D eigenvalue weighted by Crippen LogP contribution is 2.24. The van der Waals surface area contributed by atoms with E-state index >= 15 is 0 Å². The summed E-state index contributed by atoms with van der Waals surface area (Å²) in [5.74, 6) is 0.786. The van der Waals surface area contributed by atoms with Gasteiger partial charge < -0.3 is 4.90 Å². The number of carbonyl (C=O) groups is 1. The predicted molar refractivity (Wildman–Crippen MR) is 92.1 cm³/mol. The van der Waals surface area contributed by atoms with E-state index in [1.807, 2.05) is 51.7 Å². The minimum absolute atomic E-state index is 0.107. The molecule has 1 N–H and O–H groups in total. The Morgan fingerprint density at radius 3 is 2.30 bits per heavy atom. The minimum Gasteiger partial charge on any atom is -0.337 e. The predicted octanol–water partition coefficient (Wildman–Crippen LogP) is 2.99. The van der Waals surface area contributed by atoms with Gasteiger partial charge in [-0.1, -0.05) is 11.8 Å². The van der Waals surface area contributed by atoms with Crippen LogP contribution in [0.3, 0.4) is 0 Å². The molecule has 2 rings (SSSR count). The number of nitrogens with zero attached hydrogens (tertiary/aromatic N) is 4. The molecule has 2 heterocycles. The van der Waals surface area contributed by atoms with Crippen LogP contribution in [0.4, 0.5) is 0 Å². The molecule has 0 spiro atoms. The SMILES string of the molecule is CC(C)N(C(=O)[C@H](C)Sc1n[nH]c(-c2ccncc2)n1)C(C)C. The summed E-state index contributed by atoms with van der Waals surface area (Å²) in [6.45, 7) is 10.0. The maximum atomic E-state index is 12.6. The molecule has 0 unspecified atom stereocenters. The number of thioether (sulfide) groups is 1. The average Bonchev–Trinajstić information content (AvgIpc) is 2.95. The first-order valence-corrected chi connectivity index (χ1v) is 8.59. The van der Waals surface area contributed by atoms with Gasteiger partial charge in [0.05, 0.1) is 5.25 Å². The molecule has 0 radical (unpaired) electrons. The number of H-pyrrole nitrogens is 1. The van der Waals surface area contributed by atoms with Gasteiger partial charge in [0.2, 0.25) is 11.1 Å². The van der Waals surface area contributed by atoms with Gasteiger partial charge in [0.25, 0.3) is 0 Å². The Balaban J connectivity index is 2.07. The summed E-state index contributed by atoms with van der Waals surface area (Å²) in [6, 6.07) is 4.07. The topological polar surface area (TPSA) is 74.8 Å². The summed E-state index contributed by atoms with van der Waals surface area (Å²) in [7, 11) is 0. The van der Waals surface area contributed by atoms with Crippen LogP contribution in [-0.4, -0.2) is 48.3 Å². The molecule has 23 heavy (non-hydrogen) atoms. The number of hydrogen-bond donors (Lipinski definition) is 1. The van der Waals surface area contributed by atoms with E-state index in [2.05, 4.69) is 20.2 Å². The van der Waals surface area contributed by atoms with Gasteiger partial charge in [-0.3, -0.25) is 14.9 Å². The molecule has 0 aromatic carbocycles. The first kappa shape index (κ1) is 17.5. The molecule has 0 aliphatic heterocycles. The Labute approximate surface area is 141 Å². The van der Waals surface area contributed by atoms with Gasteiger partial charge in [-0.25, -0.2) is 4.98 Å². The lowest BCUT2D eigenvalue weighted by Crippen LogP contribution is -2.45. The van der Waals surface area contributed by atoms with E-state index in [0.29, 0.717) is 11.0 Å².